The fraction of sp³-hybridized carbons (Fsp3) is 0. The summed E-state index contributed by atoms with van der Waals surface area (Å²) in [7, 11) is 0. The number of carbonyl (C=O) groups excluding carboxylic acids is 2. The van der Waals surface area contributed by atoms with Gasteiger partial charge in [0.15, 0.2) is 5.13 Å². The fourth-order valence-electron chi connectivity index (χ4n) is 0.866. The van der Waals surface area contributed by atoms with Crippen molar-refractivity contribution in [3.63, 3.8) is 0 Å². The van der Waals surface area contributed by atoms with Crippen LogP contribution in [0.1, 0.15) is 0 Å². The fourth-order valence-corrected chi connectivity index (χ4v) is 1.39. The number of rotatable bonds is 2. The average molecular weight is 238 g/mol. The molecule has 8 nitrogen and oxygen atoms in total. The van der Waals surface area contributed by atoms with Gasteiger partial charge in [0.2, 0.25) is 0 Å². The van der Waals surface area contributed by atoms with Crippen molar-refractivity contribution in [3.8, 4) is 0 Å². The molecule has 2 heterocycles. The number of carbonyl (C=O) groups is 2. The second-order valence-electron chi connectivity index (χ2n) is 2.60. The molecule has 0 unspecified atom stereocenters. The standard InChI is InChI=1S/C7H6N6O2S/c14-5(11-7-8-1-2-16-7)6(15)12-13-3-9-10-4-13/h1-4H,(H,12,15)(H,8,11,14). The third kappa shape index (κ3) is 2.39. The molecular weight excluding hydrogens is 232 g/mol. The Labute approximate surface area is 93.3 Å². The molecule has 2 aromatic rings. The van der Waals surface area contributed by atoms with Crippen molar-refractivity contribution in [2.75, 3.05) is 10.7 Å². The number of hydrogen-bond acceptors (Lipinski definition) is 6. The predicted molar refractivity (Wildman–Crippen MR) is 55.1 cm³/mol. The van der Waals surface area contributed by atoms with E-state index in [1.165, 1.54) is 34.9 Å². The van der Waals surface area contributed by atoms with Crippen LogP contribution in [0.3, 0.4) is 0 Å². The van der Waals surface area contributed by atoms with E-state index in [0.29, 0.717) is 5.13 Å². The molecule has 0 aliphatic heterocycles. The predicted octanol–water partition coefficient (Wildman–Crippen LogP) is -0.557. The molecular formula is C7H6N6O2S. The first-order chi connectivity index (χ1) is 7.75. The lowest BCUT2D eigenvalue weighted by atomic mass is 10.6. The van der Waals surface area contributed by atoms with E-state index in [-0.39, 0.29) is 0 Å². The second-order valence-corrected chi connectivity index (χ2v) is 3.50. The lowest BCUT2D eigenvalue weighted by Gasteiger charge is -2.03. The molecule has 0 saturated carbocycles. The molecule has 0 aromatic carbocycles. The van der Waals surface area contributed by atoms with E-state index in [0.717, 1.165) is 0 Å². The molecule has 2 aromatic heterocycles. The van der Waals surface area contributed by atoms with Crippen LogP contribution >= 0.6 is 11.3 Å². The zero-order valence-corrected chi connectivity index (χ0v) is 8.64. The van der Waals surface area contributed by atoms with Gasteiger partial charge in [0, 0.05) is 11.6 Å². The first-order valence-corrected chi connectivity index (χ1v) is 5.00. The highest BCUT2D eigenvalue weighted by Crippen LogP contribution is 2.09. The highest BCUT2D eigenvalue weighted by atomic mass is 32.1. The number of hydrogen-bond donors (Lipinski definition) is 2. The molecule has 9 heteroatoms. The molecule has 16 heavy (non-hydrogen) atoms. The smallest absolute Gasteiger partial charge is 0.294 e. The highest BCUT2D eigenvalue weighted by Gasteiger charge is 2.14. The van der Waals surface area contributed by atoms with E-state index in [9.17, 15) is 9.59 Å². The van der Waals surface area contributed by atoms with Gasteiger partial charge in [0.1, 0.15) is 12.7 Å². The molecule has 0 aliphatic rings. The minimum Gasteiger partial charge on any atom is -0.294 e. The van der Waals surface area contributed by atoms with Crippen LogP contribution in [0.5, 0.6) is 0 Å². The van der Waals surface area contributed by atoms with Gasteiger partial charge in [-0.3, -0.25) is 20.3 Å². The van der Waals surface area contributed by atoms with Crippen LogP contribution in [0, 0.1) is 0 Å². The molecule has 0 atom stereocenters. The summed E-state index contributed by atoms with van der Waals surface area (Å²) in [6, 6.07) is 0. The quantitative estimate of drug-likeness (QED) is 0.683. The van der Waals surface area contributed by atoms with E-state index >= 15 is 0 Å². The lowest BCUT2D eigenvalue weighted by Crippen LogP contribution is -2.33. The topological polar surface area (TPSA) is 102 Å². The van der Waals surface area contributed by atoms with E-state index in [2.05, 4.69) is 25.9 Å². The summed E-state index contributed by atoms with van der Waals surface area (Å²) in [5.41, 5.74) is 2.25. The van der Waals surface area contributed by atoms with Gasteiger partial charge in [0.05, 0.1) is 0 Å². The number of nitrogens with one attached hydrogen (secondary N) is 2. The molecule has 0 aliphatic carbocycles. The van der Waals surface area contributed by atoms with E-state index in [4.69, 9.17) is 0 Å². The van der Waals surface area contributed by atoms with Crippen LogP contribution in [-0.2, 0) is 9.59 Å². The SMILES string of the molecule is O=C(Nc1nccs1)C(=O)Nn1cnnc1. The van der Waals surface area contributed by atoms with Gasteiger partial charge >= 0.3 is 11.8 Å². The van der Waals surface area contributed by atoms with Crippen molar-refractivity contribution >= 4 is 28.3 Å². The number of anilines is 1. The van der Waals surface area contributed by atoms with Crippen LogP contribution in [0.15, 0.2) is 24.2 Å². The van der Waals surface area contributed by atoms with Crippen molar-refractivity contribution < 1.29 is 9.59 Å². The molecule has 0 radical (unpaired) electrons. The van der Waals surface area contributed by atoms with Gasteiger partial charge in [-0.1, -0.05) is 0 Å². The Hall–Kier alpha value is -2.29. The first kappa shape index (κ1) is 10.2. The summed E-state index contributed by atoms with van der Waals surface area (Å²) in [6.07, 6.45) is 4.04. The Morgan fingerprint density at radius 3 is 2.62 bits per heavy atom. The molecule has 0 saturated heterocycles. The van der Waals surface area contributed by atoms with E-state index in [1.54, 1.807) is 5.38 Å². The molecule has 82 valence electrons. The minimum atomic E-state index is -0.824. The third-order valence-corrected chi connectivity index (χ3v) is 2.20. The van der Waals surface area contributed by atoms with Gasteiger partial charge in [0.25, 0.3) is 0 Å². The average Bonchev–Trinajstić information content (AvgIpc) is 2.90. The van der Waals surface area contributed by atoms with Gasteiger partial charge < -0.3 is 0 Å². The summed E-state index contributed by atoms with van der Waals surface area (Å²) in [4.78, 5) is 26.5. The van der Waals surface area contributed by atoms with E-state index in [1.807, 2.05) is 0 Å². The second kappa shape index (κ2) is 4.49. The Morgan fingerprint density at radius 2 is 2.00 bits per heavy atom. The summed E-state index contributed by atoms with van der Waals surface area (Å²) < 4.78 is 1.17. The Balaban J connectivity index is 1.92. The van der Waals surface area contributed by atoms with Crippen molar-refractivity contribution in [1.82, 2.24) is 19.9 Å². The minimum absolute atomic E-state index is 0.365. The first-order valence-electron chi connectivity index (χ1n) is 4.12. The molecule has 2 amide bonds. The van der Waals surface area contributed by atoms with Gasteiger partial charge in [-0.05, 0) is 0 Å². The number of aromatic nitrogens is 4. The molecule has 0 bridgehead atoms. The summed E-state index contributed by atoms with van der Waals surface area (Å²) in [5.74, 6) is -1.63. The zero-order chi connectivity index (χ0) is 11.4. The lowest BCUT2D eigenvalue weighted by molar-refractivity contribution is -0.133. The van der Waals surface area contributed by atoms with Crippen molar-refractivity contribution in [3.05, 3.63) is 24.2 Å². The molecule has 0 spiro atoms. The largest absolute Gasteiger partial charge is 0.328 e. The Bertz CT molecular complexity index is 433. The van der Waals surface area contributed by atoms with Crippen molar-refractivity contribution in [1.29, 1.82) is 0 Å². The summed E-state index contributed by atoms with van der Waals surface area (Å²) in [6.45, 7) is 0. The van der Waals surface area contributed by atoms with Gasteiger partial charge in [-0.2, -0.15) is 0 Å². The number of thiazole rings is 1. The Kier molecular flexibility index (Phi) is 2.87. The molecule has 2 rings (SSSR count). The highest BCUT2D eigenvalue weighted by molar-refractivity contribution is 7.13. The molecule has 0 fully saturated rings. The maximum Gasteiger partial charge on any atom is 0.328 e. The maximum absolute atomic E-state index is 11.3. The van der Waals surface area contributed by atoms with Crippen molar-refractivity contribution in [2.24, 2.45) is 0 Å². The van der Waals surface area contributed by atoms with E-state index < -0.39 is 11.8 Å². The van der Waals surface area contributed by atoms with Crippen LogP contribution < -0.4 is 10.7 Å². The molecule has 2 N–H and O–H groups in total. The van der Waals surface area contributed by atoms with Gasteiger partial charge in [-0.15, -0.1) is 21.5 Å². The number of amides is 2. The normalized spacial score (nSPS) is 9.75. The van der Waals surface area contributed by atoms with Crippen LogP contribution in [0.25, 0.3) is 0 Å². The zero-order valence-electron chi connectivity index (χ0n) is 7.82. The monoisotopic (exact) mass is 238 g/mol. The van der Waals surface area contributed by atoms with Crippen LogP contribution in [0.2, 0.25) is 0 Å². The van der Waals surface area contributed by atoms with Gasteiger partial charge in [-0.25, -0.2) is 9.66 Å². The summed E-state index contributed by atoms with van der Waals surface area (Å²) in [5, 5.41) is 11.3. The third-order valence-electron chi connectivity index (χ3n) is 1.51. The maximum atomic E-state index is 11.3. The number of nitrogens with zero attached hydrogens (tertiary/aromatic N) is 4. The van der Waals surface area contributed by atoms with Crippen LogP contribution in [0.4, 0.5) is 5.13 Å². The van der Waals surface area contributed by atoms with Crippen LogP contribution in [-0.4, -0.2) is 31.7 Å². The van der Waals surface area contributed by atoms with Crippen molar-refractivity contribution in [2.45, 2.75) is 0 Å². The Morgan fingerprint density at radius 1 is 1.25 bits per heavy atom. The summed E-state index contributed by atoms with van der Waals surface area (Å²) >= 11 is 1.22.